The van der Waals surface area contributed by atoms with Crippen molar-refractivity contribution in [2.24, 2.45) is 0 Å². The first-order valence-corrected chi connectivity index (χ1v) is 10.3. The van der Waals surface area contributed by atoms with Crippen molar-refractivity contribution in [2.75, 3.05) is 7.11 Å². The third-order valence-electron chi connectivity index (χ3n) is 5.64. The summed E-state index contributed by atoms with van der Waals surface area (Å²) in [5.41, 5.74) is 3.81. The molecule has 154 valence electrons. The second-order valence-electron chi connectivity index (χ2n) is 7.42. The Bertz CT molecular complexity index is 1020. The first kappa shape index (κ1) is 20.4. The van der Waals surface area contributed by atoms with E-state index >= 15 is 0 Å². The lowest BCUT2D eigenvalue weighted by molar-refractivity contribution is -0.142. The van der Waals surface area contributed by atoms with Crippen LogP contribution in [0.5, 0.6) is 5.75 Å². The highest BCUT2D eigenvalue weighted by Gasteiger charge is 2.39. The van der Waals surface area contributed by atoms with E-state index in [2.05, 4.69) is 4.98 Å². The van der Waals surface area contributed by atoms with Gasteiger partial charge in [-0.1, -0.05) is 35.9 Å². The van der Waals surface area contributed by atoms with Crippen molar-refractivity contribution >= 4 is 17.6 Å². The highest BCUT2D eigenvalue weighted by atomic mass is 35.5. The van der Waals surface area contributed by atoms with Crippen LogP contribution in [0.25, 0.3) is 11.3 Å². The summed E-state index contributed by atoms with van der Waals surface area (Å²) < 4.78 is 5.20. The first-order valence-electron chi connectivity index (χ1n) is 9.89. The summed E-state index contributed by atoms with van der Waals surface area (Å²) in [6, 6.07) is 18.8. The second-order valence-corrected chi connectivity index (χ2v) is 7.83. The average Bonchev–Trinajstić information content (AvgIpc) is 3.18. The average molecular weight is 423 g/mol. The molecule has 3 aromatic rings. The molecule has 4 rings (SSSR count). The number of rotatable bonds is 6. The molecule has 1 aromatic heterocycles. The molecule has 0 radical (unpaired) electrons. The predicted octanol–water partition coefficient (Wildman–Crippen LogP) is 5.20. The van der Waals surface area contributed by atoms with Gasteiger partial charge in [-0.3, -0.25) is 14.7 Å². The van der Waals surface area contributed by atoms with Gasteiger partial charge in [0.05, 0.1) is 12.8 Å². The summed E-state index contributed by atoms with van der Waals surface area (Å²) in [5, 5.41) is 10.4. The number of carboxylic acids is 1. The van der Waals surface area contributed by atoms with Gasteiger partial charge in [0.1, 0.15) is 11.8 Å². The molecule has 0 aliphatic carbocycles. The van der Waals surface area contributed by atoms with Crippen LogP contribution < -0.4 is 4.74 Å². The Hall–Kier alpha value is -2.89. The van der Waals surface area contributed by atoms with Crippen LogP contribution in [0.4, 0.5) is 0 Å². The fourth-order valence-electron chi connectivity index (χ4n) is 4.09. The standard InChI is InChI=1S/C24H23ClN2O3/c1-30-18-9-7-17(8-10-18)21-11-6-16(14-26-21)15-27-22(12-13-23(27)24(28)29)19-4-2-3-5-20(19)25/h2-11,14,22-23H,12-13,15H2,1H3,(H,28,29)/t22-,23+/m1/s1. The zero-order chi connectivity index (χ0) is 21.1. The minimum Gasteiger partial charge on any atom is -0.497 e. The van der Waals surface area contributed by atoms with Crippen molar-refractivity contribution in [1.29, 1.82) is 0 Å². The molecule has 1 aliphatic heterocycles. The van der Waals surface area contributed by atoms with Crippen molar-refractivity contribution in [3.05, 3.63) is 83.0 Å². The van der Waals surface area contributed by atoms with E-state index in [0.717, 1.165) is 34.6 Å². The quantitative estimate of drug-likeness (QED) is 0.591. The summed E-state index contributed by atoms with van der Waals surface area (Å²) in [6.07, 6.45) is 3.18. The number of pyridine rings is 1. The van der Waals surface area contributed by atoms with E-state index in [1.54, 1.807) is 7.11 Å². The maximum atomic E-state index is 11.9. The lowest BCUT2D eigenvalue weighted by Gasteiger charge is -2.29. The van der Waals surface area contributed by atoms with E-state index in [1.807, 2.05) is 71.8 Å². The molecule has 0 saturated carbocycles. The van der Waals surface area contributed by atoms with Crippen LogP contribution in [0.15, 0.2) is 66.9 Å². The number of methoxy groups -OCH3 is 1. The molecule has 1 fully saturated rings. The Kier molecular flexibility index (Phi) is 6.02. The molecule has 30 heavy (non-hydrogen) atoms. The summed E-state index contributed by atoms with van der Waals surface area (Å²) in [6.45, 7) is 0.503. The summed E-state index contributed by atoms with van der Waals surface area (Å²) in [4.78, 5) is 18.5. The number of carboxylic acid groups (broad SMARTS) is 1. The van der Waals surface area contributed by atoms with Gasteiger partial charge in [0.15, 0.2) is 0 Å². The summed E-state index contributed by atoms with van der Waals surface area (Å²) in [7, 11) is 1.64. The Morgan fingerprint density at radius 3 is 2.53 bits per heavy atom. The molecule has 2 heterocycles. The SMILES string of the molecule is COc1ccc(-c2ccc(CN3[C@@H](c4ccccc4Cl)CC[C@H]3C(=O)O)cn2)cc1. The van der Waals surface area contributed by atoms with Crippen LogP contribution in [-0.2, 0) is 11.3 Å². The van der Waals surface area contributed by atoms with E-state index in [-0.39, 0.29) is 6.04 Å². The molecule has 0 unspecified atom stereocenters. The Morgan fingerprint density at radius 1 is 1.13 bits per heavy atom. The third kappa shape index (κ3) is 4.18. The Labute approximate surface area is 180 Å². The maximum Gasteiger partial charge on any atom is 0.320 e. The number of aliphatic carboxylic acids is 1. The van der Waals surface area contributed by atoms with Crippen LogP contribution in [0.2, 0.25) is 5.02 Å². The Balaban J connectivity index is 1.56. The van der Waals surface area contributed by atoms with Gasteiger partial charge < -0.3 is 9.84 Å². The normalized spacial score (nSPS) is 19.0. The molecule has 0 amide bonds. The lowest BCUT2D eigenvalue weighted by atomic mass is 10.0. The largest absolute Gasteiger partial charge is 0.497 e. The zero-order valence-electron chi connectivity index (χ0n) is 16.7. The molecular formula is C24H23ClN2O3. The number of aromatic nitrogens is 1. The molecule has 1 aliphatic rings. The van der Waals surface area contributed by atoms with Gasteiger partial charge in [-0.15, -0.1) is 0 Å². The maximum absolute atomic E-state index is 11.9. The topological polar surface area (TPSA) is 62.7 Å². The molecule has 0 spiro atoms. The number of likely N-dealkylation sites (tertiary alicyclic amines) is 1. The highest BCUT2D eigenvalue weighted by molar-refractivity contribution is 6.31. The first-order chi connectivity index (χ1) is 14.6. The van der Waals surface area contributed by atoms with Crippen LogP contribution in [-0.4, -0.2) is 34.1 Å². The van der Waals surface area contributed by atoms with Gasteiger partial charge in [-0.25, -0.2) is 0 Å². The Morgan fingerprint density at radius 2 is 1.90 bits per heavy atom. The van der Waals surface area contributed by atoms with E-state index in [0.29, 0.717) is 18.0 Å². The van der Waals surface area contributed by atoms with Crippen molar-refractivity contribution in [3.8, 4) is 17.0 Å². The minimum atomic E-state index is -0.799. The van der Waals surface area contributed by atoms with Crippen molar-refractivity contribution < 1.29 is 14.6 Å². The number of ether oxygens (including phenoxy) is 1. The minimum absolute atomic E-state index is 0.0268. The molecular weight excluding hydrogens is 400 g/mol. The van der Waals surface area contributed by atoms with Crippen LogP contribution in [0.1, 0.15) is 30.0 Å². The van der Waals surface area contributed by atoms with Crippen LogP contribution in [0.3, 0.4) is 0 Å². The number of hydrogen-bond donors (Lipinski definition) is 1. The van der Waals surface area contributed by atoms with Crippen molar-refractivity contribution in [1.82, 2.24) is 9.88 Å². The summed E-state index contributed by atoms with van der Waals surface area (Å²) in [5.74, 6) is 0.00194. The van der Waals surface area contributed by atoms with Gasteiger partial charge in [0.25, 0.3) is 0 Å². The van der Waals surface area contributed by atoms with E-state index in [9.17, 15) is 9.90 Å². The molecule has 6 heteroatoms. The number of nitrogens with zero attached hydrogens (tertiary/aromatic N) is 2. The fourth-order valence-corrected chi connectivity index (χ4v) is 4.35. The van der Waals surface area contributed by atoms with Gasteiger partial charge in [0.2, 0.25) is 0 Å². The second kappa shape index (κ2) is 8.86. The van der Waals surface area contributed by atoms with Crippen molar-refractivity contribution in [3.63, 3.8) is 0 Å². The zero-order valence-corrected chi connectivity index (χ0v) is 17.4. The number of hydrogen-bond acceptors (Lipinski definition) is 4. The fraction of sp³-hybridized carbons (Fsp3) is 0.250. The smallest absolute Gasteiger partial charge is 0.320 e. The van der Waals surface area contributed by atoms with Gasteiger partial charge in [0, 0.05) is 29.4 Å². The van der Waals surface area contributed by atoms with E-state index < -0.39 is 12.0 Å². The van der Waals surface area contributed by atoms with Crippen LogP contribution >= 0.6 is 11.6 Å². The molecule has 0 bridgehead atoms. The summed E-state index contributed by atoms with van der Waals surface area (Å²) >= 11 is 6.41. The van der Waals surface area contributed by atoms with Gasteiger partial charge in [-0.05, 0) is 60.4 Å². The van der Waals surface area contributed by atoms with Crippen LogP contribution in [0, 0.1) is 0 Å². The molecule has 2 aromatic carbocycles. The molecule has 1 N–H and O–H groups in total. The van der Waals surface area contributed by atoms with E-state index in [4.69, 9.17) is 16.3 Å². The molecule has 5 nitrogen and oxygen atoms in total. The van der Waals surface area contributed by atoms with Gasteiger partial charge >= 0.3 is 5.97 Å². The third-order valence-corrected chi connectivity index (χ3v) is 5.98. The van der Waals surface area contributed by atoms with Crippen molar-refractivity contribution in [2.45, 2.75) is 31.5 Å². The number of halogens is 1. The predicted molar refractivity (Wildman–Crippen MR) is 117 cm³/mol. The van der Waals surface area contributed by atoms with E-state index in [1.165, 1.54) is 0 Å². The highest BCUT2D eigenvalue weighted by Crippen LogP contribution is 2.40. The number of carbonyl (C=O) groups is 1. The lowest BCUT2D eigenvalue weighted by Crippen LogP contribution is -2.37. The number of benzene rings is 2. The molecule has 2 atom stereocenters. The monoisotopic (exact) mass is 422 g/mol. The van der Waals surface area contributed by atoms with Gasteiger partial charge in [-0.2, -0.15) is 0 Å². The molecule has 1 saturated heterocycles.